The molecule has 2 aliphatic heterocycles. The van der Waals surface area contributed by atoms with Gasteiger partial charge in [0.2, 0.25) is 5.95 Å². The van der Waals surface area contributed by atoms with Gasteiger partial charge < -0.3 is 24.2 Å². The maximum atomic E-state index is 12.5. The third-order valence-electron chi connectivity index (χ3n) is 6.15. The molecule has 0 spiro atoms. The number of amides is 1. The Labute approximate surface area is 188 Å². The Morgan fingerprint density at radius 3 is 2.38 bits per heavy atom. The molecular formula is C23H32N6O3. The molecule has 1 saturated carbocycles. The van der Waals surface area contributed by atoms with E-state index in [1.807, 2.05) is 33.2 Å². The van der Waals surface area contributed by atoms with E-state index in [1.165, 1.54) is 18.4 Å². The summed E-state index contributed by atoms with van der Waals surface area (Å²) in [6, 6.07) is 0. The highest BCUT2D eigenvalue weighted by molar-refractivity contribution is 5.93. The van der Waals surface area contributed by atoms with Crippen LogP contribution >= 0.6 is 0 Å². The van der Waals surface area contributed by atoms with Crippen LogP contribution in [-0.2, 0) is 9.47 Å². The summed E-state index contributed by atoms with van der Waals surface area (Å²) in [4.78, 5) is 33.2. The Kier molecular flexibility index (Phi) is 5.53. The van der Waals surface area contributed by atoms with E-state index >= 15 is 0 Å². The highest BCUT2D eigenvalue weighted by Crippen LogP contribution is 2.44. The molecule has 0 unspecified atom stereocenters. The topological polar surface area (TPSA) is 83.9 Å². The van der Waals surface area contributed by atoms with Crippen LogP contribution < -0.4 is 9.80 Å². The van der Waals surface area contributed by atoms with Crippen LogP contribution in [0.1, 0.15) is 45.1 Å². The smallest absolute Gasteiger partial charge is 0.410 e. The monoisotopic (exact) mass is 440 g/mol. The van der Waals surface area contributed by atoms with Crippen LogP contribution in [-0.4, -0.2) is 84.0 Å². The van der Waals surface area contributed by atoms with E-state index in [9.17, 15) is 4.79 Å². The number of carbonyl (C=O) groups excluding carboxylic acids is 1. The summed E-state index contributed by atoms with van der Waals surface area (Å²) in [6.07, 6.45) is 5.97. The Bertz CT molecular complexity index is 989. The molecule has 3 fully saturated rings. The third-order valence-corrected chi connectivity index (χ3v) is 6.15. The van der Waals surface area contributed by atoms with E-state index in [2.05, 4.69) is 14.8 Å². The lowest BCUT2D eigenvalue weighted by Crippen LogP contribution is -2.50. The third kappa shape index (κ3) is 4.44. The first kappa shape index (κ1) is 21.2. The van der Waals surface area contributed by atoms with E-state index in [-0.39, 0.29) is 6.09 Å². The standard InChI is InChI=1S/C23H32N6O3/c1-23(2,3)32-22(30)29-8-6-27(7-9-29)20-19-17(16-4-5-16)14-24-15-18(19)25-21(26-20)28-10-12-31-13-11-28/h14-16H,4-13H2,1-3H3. The average Bonchev–Trinajstić information content (AvgIpc) is 3.63. The first-order valence-corrected chi connectivity index (χ1v) is 11.6. The minimum Gasteiger partial charge on any atom is -0.444 e. The quantitative estimate of drug-likeness (QED) is 0.721. The number of hydrogen-bond acceptors (Lipinski definition) is 8. The SMILES string of the molecule is CC(C)(C)OC(=O)N1CCN(c2nc(N3CCOCC3)nc3cncc(C4CC4)c23)CC1. The summed E-state index contributed by atoms with van der Waals surface area (Å²) in [6.45, 7) is 11.3. The molecule has 9 heteroatoms. The molecule has 0 N–H and O–H groups in total. The Balaban J connectivity index is 1.45. The van der Waals surface area contributed by atoms with Crippen LogP contribution in [0.25, 0.3) is 10.9 Å². The maximum absolute atomic E-state index is 12.5. The molecule has 1 amide bonds. The van der Waals surface area contributed by atoms with Crippen molar-refractivity contribution in [3.05, 3.63) is 18.0 Å². The normalized spacial score (nSPS) is 20.0. The van der Waals surface area contributed by atoms with E-state index < -0.39 is 5.60 Å². The van der Waals surface area contributed by atoms with Gasteiger partial charge in [0.05, 0.1) is 24.9 Å². The number of ether oxygens (including phenoxy) is 2. The second-order valence-corrected chi connectivity index (χ2v) is 9.80. The lowest BCUT2D eigenvalue weighted by molar-refractivity contribution is 0.0240. The first-order valence-electron chi connectivity index (χ1n) is 11.6. The number of carbonyl (C=O) groups is 1. The highest BCUT2D eigenvalue weighted by atomic mass is 16.6. The van der Waals surface area contributed by atoms with Gasteiger partial charge >= 0.3 is 6.09 Å². The molecule has 0 bridgehead atoms. The predicted molar refractivity (Wildman–Crippen MR) is 122 cm³/mol. The van der Waals surface area contributed by atoms with Crippen LogP contribution in [0.15, 0.2) is 12.4 Å². The average molecular weight is 441 g/mol. The van der Waals surface area contributed by atoms with Crippen molar-refractivity contribution in [1.29, 1.82) is 0 Å². The zero-order valence-corrected chi connectivity index (χ0v) is 19.2. The van der Waals surface area contributed by atoms with Crippen LogP contribution in [0.5, 0.6) is 0 Å². The fraction of sp³-hybridized carbons (Fsp3) is 0.652. The molecule has 2 aromatic rings. The molecule has 0 atom stereocenters. The zero-order valence-electron chi connectivity index (χ0n) is 19.2. The van der Waals surface area contributed by atoms with Gasteiger partial charge in [-0.15, -0.1) is 0 Å². The zero-order chi connectivity index (χ0) is 22.3. The fourth-order valence-electron chi connectivity index (χ4n) is 4.34. The molecule has 32 heavy (non-hydrogen) atoms. The van der Waals surface area contributed by atoms with Crippen LogP contribution in [0.3, 0.4) is 0 Å². The largest absolute Gasteiger partial charge is 0.444 e. The number of piperazine rings is 1. The number of fused-ring (bicyclic) bond motifs is 1. The van der Waals surface area contributed by atoms with Gasteiger partial charge in [0, 0.05) is 50.9 Å². The first-order chi connectivity index (χ1) is 15.4. The summed E-state index contributed by atoms with van der Waals surface area (Å²) < 4.78 is 11.1. The lowest BCUT2D eigenvalue weighted by Gasteiger charge is -2.37. The fourth-order valence-corrected chi connectivity index (χ4v) is 4.34. The second-order valence-electron chi connectivity index (χ2n) is 9.80. The predicted octanol–water partition coefficient (Wildman–Crippen LogP) is 2.80. The molecule has 3 aliphatic rings. The van der Waals surface area contributed by atoms with Crippen molar-refractivity contribution in [2.45, 2.75) is 45.1 Å². The number of anilines is 2. The molecule has 4 heterocycles. The van der Waals surface area contributed by atoms with Crippen molar-refractivity contribution >= 4 is 28.8 Å². The minimum atomic E-state index is -0.490. The van der Waals surface area contributed by atoms with Gasteiger partial charge in [0.1, 0.15) is 11.4 Å². The van der Waals surface area contributed by atoms with E-state index in [0.29, 0.717) is 45.3 Å². The summed E-state index contributed by atoms with van der Waals surface area (Å²) in [5, 5.41) is 1.12. The number of aromatic nitrogens is 3. The lowest BCUT2D eigenvalue weighted by atomic mass is 10.1. The van der Waals surface area contributed by atoms with Crippen LogP contribution in [0.2, 0.25) is 0 Å². The van der Waals surface area contributed by atoms with Gasteiger partial charge in [-0.05, 0) is 45.1 Å². The summed E-state index contributed by atoms with van der Waals surface area (Å²) >= 11 is 0. The van der Waals surface area contributed by atoms with Gasteiger partial charge in [-0.25, -0.2) is 9.78 Å². The second kappa shape index (κ2) is 8.35. The molecular weight excluding hydrogens is 408 g/mol. The van der Waals surface area contributed by atoms with Crippen LogP contribution in [0, 0.1) is 0 Å². The Morgan fingerprint density at radius 2 is 1.72 bits per heavy atom. The number of morpholine rings is 1. The van der Waals surface area contributed by atoms with E-state index in [1.54, 1.807) is 4.90 Å². The van der Waals surface area contributed by atoms with E-state index in [4.69, 9.17) is 19.4 Å². The molecule has 2 aromatic heterocycles. The number of pyridine rings is 1. The molecule has 9 nitrogen and oxygen atoms in total. The van der Waals surface area contributed by atoms with Crippen molar-refractivity contribution in [3.63, 3.8) is 0 Å². The Morgan fingerprint density at radius 1 is 1.00 bits per heavy atom. The molecule has 0 aromatic carbocycles. The summed E-state index contributed by atoms with van der Waals surface area (Å²) in [7, 11) is 0. The van der Waals surface area contributed by atoms with Crippen molar-refractivity contribution in [3.8, 4) is 0 Å². The molecule has 172 valence electrons. The highest BCUT2D eigenvalue weighted by Gasteiger charge is 2.32. The number of hydrogen-bond donors (Lipinski definition) is 0. The summed E-state index contributed by atoms with van der Waals surface area (Å²) in [5.74, 6) is 2.25. The van der Waals surface area contributed by atoms with Gasteiger partial charge in [-0.1, -0.05) is 0 Å². The summed E-state index contributed by atoms with van der Waals surface area (Å²) in [5.41, 5.74) is 1.66. The molecule has 1 aliphatic carbocycles. The van der Waals surface area contributed by atoms with Gasteiger partial charge in [-0.2, -0.15) is 4.98 Å². The van der Waals surface area contributed by atoms with Gasteiger partial charge in [0.25, 0.3) is 0 Å². The van der Waals surface area contributed by atoms with Crippen molar-refractivity contribution in [2.75, 3.05) is 62.3 Å². The van der Waals surface area contributed by atoms with E-state index in [0.717, 1.165) is 35.8 Å². The van der Waals surface area contributed by atoms with Crippen molar-refractivity contribution < 1.29 is 14.3 Å². The number of nitrogens with zero attached hydrogens (tertiary/aromatic N) is 6. The van der Waals surface area contributed by atoms with Crippen LogP contribution in [0.4, 0.5) is 16.6 Å². The van der Waals surface area contributed by atoms with Gasteiger partial charge in [0.15, 0.2) is 0 Å². The minimum absolute atomic E-state index is 0.249. The maximum Gasteiger partial charge on any atom is 0.410 e. The Hall–Kier alpha value is -2.68. The van der Waals surface area contributed by atoms with Crippen molar-refractivity contribution in [1.82, 2.24) is 19.9 Å². The van der Waals surface area contributed by atoms with Crippen molar-refractivity contribution in [2.24, 2.45) is 0 Å². The molecule has 0 radical (unpaired) electrons. The molecule has 5 rings (SSSR count). The van der Waals surface area contributed by atoms with Gasteiger partial charge in [-0.3, -0.25) is 4.98 Å². The molecule has 2 saturated heterocycles. The number of rotatable bonds is 3.